The summed E-state index contributed by atoms with van der Waals surface area (Å²) < 4.78 is 6.15. The van der Waals surface area contributed by atoms with E-state index in [1.165, 1.54) is 10.9 Å². The molecule has 0 atom stereocenters. The van der Waals surface area contributed by atoms with Crippen molar-refractivity contribution in [3.05, 3.63) is 17.5 Å². The number of thiocarbonyl (C=S) groups is 1. The van der Waals surface area contributed by atoms with Crippen molar-refractivity contribution in [1.29, 1.82) is 0 Å². The Morgan fingerprint density at radius 3 is 2.86 bits per heavy atom. The number of nitrogens with zero attached hydrogens (tertiary/aromatic N) is 2. The standard InChI is InChI=1S/C8H11N3O2S/c1-3-13-7(12)6-4-10-11(5(6)2)8(9)14/h4H,3H2,1-2H3,(H2,9,14). The van der Waals surface area contributed by atoms with Crippen molar-refractivity contribution < 1.29 is 9.53 Å². The number of rotatable bonds is 2. The lowest BCUT2D eigenvalue weighted by Gasteiger charge is -2.02. The molecular formula is C8H11N3O2S. The van der Waals surface area contributed by atoms with Crippen molar-refractivity contribution in [3.63, 3.8) is 0 Å². The van der Waals surface area contributed by atoms with Gasteiger partial charge in [0.2, 0.25) is 0 Å². The van der Waals surface area contributed by atoms with E-state index < -0.39 is 5.97 Å². The van der Waals surface area contributed by atoms with E-state index >= 15 is 0 Å². The normalized spacial score (nSPS) is 9.86. The molecule has 0 fully saturated rings. The van der Waals surface area contributed by atoms with Crippen LogP contribution in [0.1, 0.15) is 23.0 Å². The number of carbonyl (C=O) groups is 1. The Labute approximate surface area is 86.8 Å². The van der Waals surface area contributed by atoms with Crippen molar-refractivity contribution in [2.45, 2.75) is 13.8 Å². The number of hydrogen-bond acceptors (Lipinski definition) is 4. The Balaban J connectivity index is 3.00. The molecule has 0 spiro atoms. The molecule has 6 heteroatoms. The molecule has 5 nitrogen and oxygen atoms in total. The molecule has 2 N–H and O–H groups in total. The van der Waals surface area contributed by atoms with Crippen LogP contribution in [0, 0.1) is 6.92 Å². The van der Waals surface area contributed by atoms with E-state index in [9.17, 15) is 4.79 Å². The minimum Gasteiger partial charge on any atom is -0.462 e. The van der Waals surface area contributed by atoms with Crippen LogP contribution in [-0.2, 0) is 4.74 Å². The molecule has 0 radical (unpaired) electrons. The third-order valence-electron chi connectivity index (χ3n) is 1.71. The molecule has 76 valence electrons. The van der Waals surface area contributed by atoms with Crippen LogP contribution in [0.4, 0.5) is 0 Å². The molecule has 1 aromatic heterocycles. The zero-order valence-electron chi connectivity index (χ0n) is 7.98. The highest BCUT2D eigenvalue weighted by Gasteiger charge is 2.15. The molecule has 1 heterocycles. The van der Waals surface area contributed by atoms with Gasteiger partial charge in [-0.3, -0.25) is 0 Å². The van der Waals surface area contributed by atoms with Crippen LogP contribution in [0.5, 0.6) is 0 Å². The van der Waals surface area contributed by atoms with E-state index in [0.29, 0.717) is 17.9 Å². The molecule has 1 aromatic rings. The van der Waals surface area contributed by atoms with Gasteiger partial charge in [-0.1, -0.05) is 0 Å². The lowest BCUT2D eigenvalue weighted by molar-refractivity contribution is 0.0525. The van der Waals surface area contributed by atoms with Gasteiger partial charge >= 0.3 is 5.97 Å². The fraction of sp³-hybridized carbons (Fsp3) is 0.375. The Morgan fingerprint density at radius 1 is 1.79 bits per heavy atom. The summed E-state index contributed by atoms with van der Waals surface area (Å²) in [4.78, 5) is 11.3. The Kier molecular flexibility index (Phi) is 3.19. The van der Waals surface area contributed by atoms with Gasteiger partial charge in [-0.25, -0.2) is 9.48 Å². The summed E-state index contributed by atoms with van der Waals surface area (Å²) in [7, 11) is 0. The second-order valence-electron chi connectivity index (χ2n) is 2.61. The smallest absolute Gasteiger partial charge is 0.341 e. The van der Waals surface area contributed by atoms with Gasteiger partial charge in [0, 0.05) is 0 Å². The molecule has 0 amide bonds. The minimum absolute atomic E-state index is 0.109. The van der Waals surface area contributed by atoms with Crippen LogP contribution in [0.3, 0.4) is 0 Å². The number of aromatic nitrogens is 2. The van der Waals surface area contributed by atoms with E-state index in [0.717, 1.165) is 0 Å². The van der Waals surface area contributed by atoms with E-state index in [-0.39, 0.29) is 5.11 Å². The van der Waals surface area contributed by atoms with Crippen LogP contribution in [0.25, 0.3) is 0 Å². The average molecular weight is 213 g/mol. The largest absolute Gasteiger partial charge is 0.462 e. The molecule has 1 rings (SSSR count). The molecule has 14 heavy (non-hydrogen) atoms. The van der Waals surface area contributed by atoms with Gasteiger partial charge in [0.25, 0.3) is 0 Å². The molecule has 0 saturated carbocycles. The Morgan fingerprint density at radius 2 is 2.43 bits per heavy atom. The van der Waals surface area contributed by atoms with Gasteiger partial charge in [-0.2, -0.15) is 5.10 Å². The predicted octanol–water partition coefficient (Wildman–Crippen LogP) is 0.460. The number of carbonyl (C=O) groups excluding carboxylic acids is 1. The Bertz CT molecular complexity index is 373. The maximum atomic E-state index is 11.3. The van der Waals surface area contributed by atoms with E-state index in [1.807, 2.05) is 0 Å². The summed E-state index contributed by atoms with van der Waals surface area (Å²) in [5.41, 5.74) is 6.36. The lowest BCUT2D eigenvalue weighted by Crippen LogP contribution is -2.22. The summed E-state index contributed by atoms with van der Waals surface area (Å²) in [6.07, 6.45) is 1.40. The average Bonchev–Trinajstić information content (AvgIpc) is 2.47. The third-order valence-corrected chi connectivity index (χ3v) is 1.89. The molecule has 0 bridgehead atoms. The molecule has 0 aromatic carbocycles. The first kappa shape index (κ1) is 10.6. The first-order chi connectivity index (χ1) is 6.57. The van der Waals surface area contributed by atoms with Crippen LogP contribution < -0.4 is 5.73 Å². The summed E-state index contributed by atoms with van der Waals surface area (Å²) in [6, 6.07) is 0. The minimum atomic E-state index is -0.410. The summed E-state index contributed by atoms with van der Waals surface area (Å²) in [5, 5.41) is 3.98. The van der Waals surface area contributed by atoms with Gasteiger partial charge in [0.15, 0.2) is 5.11 Å². The second kappa shape index (κ2) is 4.19. The number of hydrogen-bond donors (Lipinski definition) is 1. The van der Waals surface area contributed by atoms with E-state index in [1.54, 1.807) is 13.8 Å². The maximum absolute atomic E-state index is 11.3. The monoisotopic (exact) mass is 213 g/mol. The van der Waals surface area contributed by atoms with Crippen LogP contribution in [0.15, 0.2) is 6.20 Å². The van der Waals surface area contributed by atoms with Crippen molar-refractivity contribution >= 4 is 23.3 Å². The summed E-state index contributed by atoms with van der Waals surface area (Å²) in [5.74, 6) is -0.410. The zero-order valence-corrected chi connectivity index (χ0v) is 8.80. The number of ether oxygens (including phenoxy) is 1. The molecule has 0 aliphatic carbocycles. The predicted molar refractivity (Wildman–Crippen MR) is 55.1 cm³/mol. The Hall–Kier alpha value is -1.43. The molecular weight excluding hydrogens is 202 g/mol. The summed E-state index contributed by atoms with van der Waals surface area (Å²) >= 11 is 4.74. The first-order valence-electron chi connectivity index (χ1n) is 4.09. The van der Waals surface area contributed by atoms with Crippen molar-refractivity contribution in [2.75, 3.05) is 6.61 Å². The van der Waals surface area contributed by atoms with Crippen molar-refractivity contribution in [3.8, 4) is 0 Å². The molecule has 0 aliphatic rings. The van der Waals surface area contributed by atoms with Gasteiger partial charge in [0.05, 0.1) is 18.5 Å². The highest BCUT2D eigenvalue weighted by molar-refractivity contribution is 7.80. The molecule has 0 unspecified atom stereocenters. The highest BCUT2D eigenvalue weighted by atomic mass is 32.1. The molecule has 0 saturated heterocycles. The van der Waals surface area contributed by atoms with Gasteiger partial charge in [-0.15, -0.1) is 0 Å². The van der Waals surface area contributed by atoms with E-state index in [2.05, 4.69) is 5.10 Å². The van der Waals surface area contributed by atoms with Crippen LogP contribution in [-0.4, -0.2) is 27.5 Å². The van der Waals surface area contributed by atoms with Gasteiger partial charge in [-0.05, 0) is 26.1 Å². The fourth-order valence-electron chi connectivity index (χ4n) is 1.04. The first-order valence-corrected chi connectivity index (χ1v) is 4.50. The quantitative estimate of drug-likeness (QED) is 0.571. The zero-order chi connectivity index (χ0) is 10.7. The second-order valence-corrected chi connectivity index (χ2v) is 3.03. The maximum Gasteiger partial charge on any atom is 0.341 e. The van der Waals surface area contributed by atoms with Crippen LogP contribution in [0.2, 0.25) is 0 Å². The highest BCUT2D eigenvalue weighted by Crippen LogP contribution is 2.08. The van der Waals surface area contributed by atoms with Crippen molar-refractivity contribution in [1.82, 2.24) is 9.78 Å². The van der Waals surface area contributed by atoms with E-state index in [4.69, 9.17) is 22.7 Å². The molecule has 0 aliphatic heterocycles. The van der Waals surface area contributed by atoms with Crippen LogP contribution >= 0.6 is 12.2 Å². The van der Waals surface area contributed by atoms with Gasteiger partial charge < -0.3 is 10.5 Å². The summed E-state index contributed by atoms with van der Waals surface area (Å²) in [6.45, 7) is 3.78. The number of nitrogens with two attached hydrogens (primary N) is 1. The van der Waals surface area contributed by atoms with Gasteiger partial charge in [0.1, 0.15) is 5.56 Å². The lowest BCUT2D eigenvalue weighted by atomic mass is 10.3. The number of esters is 1. The third kappa shape index (κ3) is 1.90. The fourth-order valence-corrected chi connectivity index (χ4v) is 1.23. The topological polar surface area (TPSA) is 70.1 Å². The SMILES string of the molecule is CCOC(=O)c1cnn(C(N)=S)c1C. The van der Waals surface area contributed by atoms with Crippen molar-refractivity contribution in [2.24, 2.45) is 5.73 Å².